The van der Waals surface area contributed by atoms with E-state index in [0.29, 0.717) is 23.4 Å². The van der Waals surface area contributed by atoms with Crippen molar-refractivity contribution < 1.29 is 13.2 Å². The highest BCUT2D eigenvalue weighted by Gasteiger charge is 2.35. The van der Waals surface area contributed by atoms with Crippen LogP contribution < -0.4 is 4.90 Å². The lowest BCUT2D eigenvalue weighted by Crippen LogP contribution is -2.12. The largest absolute Gasteiger partial charge is 0.417 e. The fourth-order valence-electron chi connectivity index (χ4n) is 3.83. The van der Waals surface area contributed by atoms with Crippen molar-refractivity contribution in [1.82, 2.24) is 4.98 Å². The predicted molar refractivity (Wildman–Crippen MR) is 111 cm³/mol. The van der Waals surface area contributed by atoms with Crippen LogP contribution in [0.4, 0.5) is 19.0 Å². The van der Waals surface area contributed by atoms with E-state index >= 15 is 0 Å². The molecule has 0 spiro atoms. The molecule has 2 nitrogen and oxygen atoms in total. The van der Waals surface area contributed by atoms with E-state index in [-0.39, 0.29) is 11.5 Å². The zero-order chi connectivity index (χ0) is 20.6. The van der Waals surface area contributed by atoms with Gasteiger partial charge in [0.05, 0.1) is 5.56 Å². The number of fused-ring (bicyclic) bond motifs is 1. The Balaban J connectivity index is 1.79. The van der Waals surface area contributed by atoms with Gasteiger partial charge in [-0.1, -0.05) is 48.6 Å². The summed E-state index contributed by atoms with van der Waals surface area (Å²) in [6.45, 7) is 0. The summed E-state index contributed by atoms with van der Waals surface area (Å²) in [5, 5.41) is 0. The number of benzene rings is 2. The maximum Gasteiger partial charge on any atom is 0.417 e. The SMILES string of the molecule is CN(C)c1ccc(-c2ccc(C3CC=Cc4ccccc43)cc2C(F)(F)F)cn1. The maximum atomic E-state index is 13.9. The van der Waals surface area contributed by atoms with Crippen molar-refractivity contribution in [3.05, 3.63) is 89.1 Å². The van der Waals surface area contributed by atoms with E-state index in [9.17, 15) is 13.2 Å². The zero-order valence-corrected chi connectivity index (χ0v) is 16.2. The highest BCUT2D eigenvalue weighted by atomic mass is 19.4. The minimum Gasteiger partial charge on any atom is -0.363 e. The molecule has 0 saturated carbocycles. The Bertz CT molecular complexity index is 1050. The first kappa shape index (κ1) is 19.2. The van der Waals surface area contributed by atoms with Gasteiger partial charge in [-0.2, -0.15) is 13.2 Å². The first-order valence-corrected chi connectivity index (χ1v) is 9.45. The Morgan fingerprint density at radius 1 is 1.00 bits per heavy atom. The molecule has 29 heavy (non-hydrogen) atoms. The summed E-state index contributed by atoms with van der Waals surface area (Å²) < 4.78 is 41.8. The van der Waals surface area contributed by atoms with E-state index < -0.39 is 11.7 Å². The van der Waals surface area contributed by atoms with E-state index in [0.717, 1.165) is 11.1 Å². The van der Waals surface area contributed by atoms with Gasteiger partial charge in [0, 0.05) is 31.8 Å². The fourth-order valence-corrected chi connectivity index (χ4v) is 3.83. The second-order valence-electron chi connectivity index (χ2n) is 7.42. The Morgan fingerprint density at radius 2 is 1.79 bits per heavy atom. The molecule has 1 atom stereocenters. The Morgan fingerprint density at radius 3 is 2.48 bits per heavy atom. The maximum absolute atomic E-state index is 13.9. The Hall–Kier alpha value is -3.08. The average molecular weight is 394 g/mol. The molecule has 1 heterocycles. The highest BCUT2D eigenvalue weighted by molar-refractivity contribution is 5.70. The Labute approximate surface area is 168 Å². The van der Waals surface area contributed by atoms with E-state index in [1.807, 2.05) is 61.5 Å². The summed E-state index contributed by atoms with van der Waals surface area (Å²) >= 11 is 0. The predicted octanol–water partition coefficient (Wildman–Crippen LogP) is 6.38. The normalized spacial score (nSPS) is 15.8. The molecule has 0 N–H and O–H groups in total. The van der Waals surface area contributed by atoms with Crippen molar-refractivity contribution >= 4 is 11.9 Å². The molecule has 1 aliphatic rings. The number of halogens is 3. The molecule has 0 radical (unpaired) electrons. The quantitative estimate of drug-likeness (QED) is 0.512. The van der Waals surface area contributed by atoms with Gasteiger partial charge in [-0.25, -0.2) is 4.98 Å². The van der Waals surface area contributed by atoms with Crippen molar-refractivity contribution in [3.8, 4) is 11.1 Å². The molecular weight excluding hydrogens is 373 g/mol. The summed E-state index contributed by atoms with van der Waals surface area (Å²) in [4.78, 5) is 6.08. The molecule has 4 rings (SSSR count). The number of hydrogen-bond acceptors (Lipinski definition) is 2. The van der Waals surface area contributed by atoms with E-state index in [1.165, 1.54) is 12.3 Å². The molecule has 5 heteroatoms. The second-order valence-corrected chi connectivity index (χ2v) is 7.42. The van der Waals surface area contributed by atoms with Crippen LogP contribution >= 0.6 is 0 Å². The van der Waals surface area contributed by atoms with Gasteiger partial charge < -0.3 is 4.90 Å². The molecule has 1 unspecified atom stereocenters. The molecule has 0 bridgehead atoms. The van der Waals surface area contributed by atoms with Crippen molar-refractivity contribution in [1.29, 1.82) is 0 Å². The third kappa shape index (κ3) is 3.77. The minimum atomic E-state index is -4.45. The van der Waals surface area contributed by atoms with Crippen LogP contribution in [0.15, 0.2) is 66.9 Å². The van der Waals surface area contributed by atoms with E-state index in [2.05, 4.69) is 4.98 Å². The van der Waals surface area contributed by atoms with Crippen molar-refractivity contribution in [2.75, 3.05) is 19.0 Å². The number of hydrogen-bond donors (Lipinski definition) is 0. The van der Waals surface area contributed by atoms with Crippen LogP contribution in [0.5, 0.6) is 0 Å². The summed E-state index contributed by atoms with van der Waals surface area (Å²) in [5.74, 6) is 0.616. The molecule has 148 valence electrons. The van der Waals surface area contributed by atoms with Gasteiger partial charge in [0.25, 0.3) is 0 Å². The minimum absolute atomic E-state index is 0.0828. The topological polar surface area (TPSA) is 16.1 Å². The van der Waals surface area contributed by atoms with Crippen LogP contribution in [0, 0.1) is 0 Å². The lowest BCUT2D eigenvalue weighted by atomic mass is 9.81. The van der Waals surface area contributed by atoms with Gasteiger partial charge in [0.15, 0.2) is 0 Å². The molecule has 0 saturated heterocycles. The first-order valence-electron chi connectivity index (χ1n) is 9.45. The smallest absolute Gasteiger partial charge is 0.363 e. The Kier molecular flexibility index (Phi) is 4.91. The van der Waals surface area contributed by atoms with Crippen LogP contribution in [0.3, 0.4) is 0 Å². The zero-order valence-electron chi connectivity index (χ0n) is 16.2. The average Bonchev–Trinajstić information content (AvgIpc) is 2.72. The number of alkyl halides is 3. The number of aromatic nitrogens is 1. The summed E-state index contributed by atoms with van der Waals surface area (Å²) in [6, 6.07) is 16.0. The van der Waals surface area contributed by atoms with Gasteiger partial charge in [-0.3, -0.25) is 0 Å². The number of allylic oxidation sites excluding steroid dienone is 1. The monoisotopic (exact) mass is 394 g/mol. The van der Waals surface area contributed by atoms with E-state index in [4.69, 9.17) is 0 Å². The standard InChI is InChI=1S/C24H21F3N2/c1-29(2)23-13-11-18(15-28-23)21-12-10-17(14-22(21)24(25,26)27)20-9-5-7-16-6-3-4-8-19(16)20/h3-8,10-15,20H,9H2,1-2H3. The van der Waals surface area contributed by atoms with Gasteiger partial charge in [-0.15, -0.1) is 0 Å². The summed E-state index contributed by atoms with van der Waals surface area (Å²) in [5.41, 5.74) is 2.78. The lowest BCUT2D eigenvalue weighted by Gasteiger charge is -2.24. The van der Waals surface area contributed by atoms with Gasteiger partial charge in [-0.05, 0) is 46.9 Å². The van der Waals surface area contributed by atoms with Crippen LogP contribution in [0.25, 0.3) is 17.2 Å². The molecular formula is C24H21F3N2. The molecule has 1 aliphatic carbocycles. The molecule has 0 fully saturated rings. The van der Waals surface area contributed by atoms with Crippen molar-refractivity contribution in [3.63, 3.8) is 0 Å². The molecule has 1 aromatic heterocycles. The van der Waals surface area contributed by atoms with Gasteiger partial charge >= 0.3 is 6.18 Å². The van der Waals surface area contributed by atoms with Crippen LogP contribution in [-0.4, -0.2) is 19.1 Å². The summed E-state index contributed by atoms with van der Waals surface area (Å²) in [6.07, 6.45) is 1.79. The van der Waals surface area contributed by atoms with Gasteiger partial charge in [0.2, 0.25) is 0 Å². The number of anilines is 1. The third-order valence-corrected chi connectivity index (χ3v) is 5.31. The number of pyridine rings is 1. The second kappa shape index (κ2) is 7.39. The van der Waals surface area contributed by atoms with Crippen molar-refractivity contribution in [2.24, 2.45) is 0 Å². The highest BCUT2D eigenvalue weighted by Crippen LogP contribution is 2.42. The van der Waals surface area contributed by atoms with Crippen molar-refractivity contribution in [2.45, 2.75) is 18.5 Å². The third-order valence-electron chi connectivity index (χ3n) is 5.31. The van der Waals surface area contributed by atoms with Crippen LogP contribution in [-0.2, 0) is 6.18 Å². The van der Waals surface area contributed by atoms with E-state index in [1.54, 1.807) is 18.2 Å². The molecule has 0 amide bonds. The van der Waals surface area contributed by atoms with Gasteiger partial charge in [0.1, 0.15) is 5.82 Å². The molecule has 3 aromatic rings. The molecule has 0 aliphatic heterocycles. The van der Waals surface area contributed by atoms with Crippen LogP contribution in [0.1, 0.15) is 34.6 Å². The number of nitrogens with zero attached hydrogens (tertiary/aromatic N) is 2. The molecule has 2 aromatic carbocycles. The van der Waals surface area contributed by atoms with Crippen LogP contribution in [0.2, 0.25) is 0 Å². The fraction of sp³-hybridized carbons (Fsp3) is 0.208. The first-order chi connectivity index (χ1) is 13.8. The lowest BCUT2D eigenvalue weighted by molar-refractivity contribution is -0.137. The summed E-state index contributed by atoms with van der Waals surface area (Å²) in [7, 11) is 3.68. The number of rotatable bonds is 3.